The van der Waals surface area contributed by atoms with Crippen molar-refractivity contribution in [2.75, 3.05) is 6.54 Å². The first kappa shape index (κ1) is 66.2. The van der Waals surface area contributed by atoms with Gasteiger partial charge in [-0.2, -0.15) is 0 Å². The normalized spacial score (nSPS) is 16.9. The van der Waals surface area contributed by atoms with Crippen molar-refractivity contribution >= 4 is 0 Å². The second kappa shape index (κ2) is 41.5. The third-order valence-corrected chi connectivity index (χ3v) is 13.9. The maximum atomic E-state index is 4.25. The van der Waals surface area contributed by atoms with Gasteiger partial charge < -0.3 is 9.80 Å². The molecule has 1 aliphatic rings. The van der Waals surface area contributed by atoms with Crippen molar-refractivity contribution < 1.29 is 0 Å². The van der Waals surface area contributed by atoms with Crippen LogP contribution in [-0.4, -0.2) is 22.4 Å². The Morgan fingerprint density at radius 1 is 0.795 bits per heavy atom. The summed E-state index contributed by atoms with van der Waals surface area (Å²) in [6, 6.07) is 11.1. The van der Waals surface area contributed by atoms with Gasteiger partial charge in [-0.05, 0) is 157 Å². The van der Waals surface area contributed by atoms with Crippen molar-refractivity contribution in [3.63, 3.8) is 0 Å². The molecule has 404 valence electrons. The Morgan fingerprint density at radius 3 is 2.14 bits per heavy atom. The molecule has 0 spiro atoms. The first-order valence-corrected chi connectivity index (χ1v) is 29.4. The van der Waals surface area contributed by atoms with Crippen LogP contribution in [0.25, 0.3) is 0 Å². The minimum atomic E-state index is 0.184. The van der Waals surface area contributed by atoms with Crippen LogP contribution in [0, 0.1) is 23.7 Å². The van der Waals surface area contributed by atoms with Crippen molar-refractivity contribution in [3.05, 3.63) is 204 Å². The van der Waals surface area contributed by atoms with Crippen molar-refractivity contribution in [3.8, 4) is 0 Å². The molecular formula is C71H110N2. The lowest BCUT2D eigenvalue weighted by atomic mass is 9.82. The summed E-state index contributed by atoms with van der Waals surface area (Å²) in [6.07, 6.45) is 63.7. The van der Waals surface area contributed by atoms with Gasteiger partial charge in [0.05, 0.1) is 0 Å². The highest BCUT2D eigenvalue weighted by Gasteiger charge is 2.23. The Kier molecular flexibility index (Phi) is 37.7. The molecular weight excluding hydrogens is 881 g/mol. The highest BCUT2D eigenvalue weighted by molar-refractivity contribution is 5.37. The fourth-order valence-electron chi connectivity index (χ4n) is 9.46. The molecule has 0 aliphatic heterocycles. The molecule has 1 aliphatic carbocycles. The molecule has 1 aromatic carbocycles. The first-order valence-electron chi connectivity index (χ1n) is 29.4. The smallest absolute Gasteiger partial charge is 0.0490 e. The van der Waals surface area contributed by atoms with Crippen LogP contribution in [0.2, 0.25) is 0 Å². The molecule has 0 radical (unpaired) electrons. The van der Waals surface area contributed by atoms with Crippen LogP contribution < -0.4 is 0 Å². The van der Waals surface area contributed by atoms with Gasteiger partial charge in [-0.3, -0.25) is 0 Å². The summed E-state index contributed by atoms with van der Waals surface area (Å²) >= 11 is 0. The Bertz CT molecular complexity index is 2050. The molecule has 0 aromatic heterocycles. The average Bonchev–Trinajstić information content (AvgIpc) is 3.69. The van der Waals surface area contributed by atoms with E-state index in [0.29, 0.717) is 23.7 Å². The molecule has 73 heavy (non-hydrogen) atoms. The minimum absolute atomic E-state index is 0.184. The summed E-state index contributed by atoms with van der Waals surface area (Å²) in [6.45, 7) is 39.4. The van der Waals surface area contributed by atoms with E-state index in [9.17, 15) is 0 Å². The molecule has 0 heterocycles. The number of allylic oxidation sites excluding steroid dienone is 23. The summed E-state index contributed by atoms with van der Waals surface area (Å²) in [5.41, 5.74) is 11.1. The third kappa shape index (κ3) is 26.8. The Labute approximate surface area is 453 Å². The van der Waals surface area contributed by atoms with Crippen molar-refractivity contribution in [1.82, 2.24) is 9.80 Å². The van der Waals surface area contributed by atoms with E-state index in [1.165, 1.54) is 58.6 Å². The number of hydrogen-bond donors (Lipinski definition) is 0. The molecule has 2 rings (SSSR count). The zero-order valence-electron chi connectivity index (χ0n) is 49.8. The van der Waals surface area contributed by atoms with Gasteiger partial charge in [0, 0.05) is 41.8 Å². The van der Waals surface area contributed by atoms with E-state index in [0.717, 1.165) is 83.6 Å². The van der Waals surface area contributed by atoms with E-state index in [2.05, 4.69) is 272 Å². The molecule has 0 amide bonds. The molecule has 0 bridgehead atoms. The van der Waals surface area contributed by atoms with Crippen LogP contribution in [0.3, 0.4) is 0 Å². The Morgan fingerprint density at radius 2 is 1.52 bits per heavy atom. The second-order valence-electron chi connectivity index (χ2n) is 20.5. The van der Waals surface area contributed by atoms with Crippen LogP contribution in [0.4, 0.5) is 0 Å². The Balaban J connectivity index is 0.00000865. The molecule has 0 N–H and O–H groups in total. The van der Waals surface area contributed by atoms with Crippen molar-refractivity contribution in [2.24, 2.45) is 23.7 Å². The number of rotatable bonds is 34. The molecule has 0 saturated heterocycles. The minimum Gasteiger partial charge on any atom is -0.348 e. The van der Waals surface area contributed by atoms with Gasteiger partial charge in [0.15, 0.2) is 0 Å². The number of nitrogens with zero attached hydrogens (tertiary/aromatic N) is 2. The molecule has 0 fully saturated rings. The standard InChI is InChI=1S/C68H102N2.C3H8/c1-15-24-28-37-48-69(68(49-57(12)61(21-7)38-19-5)50-58(13)63-40-35-31-36-41-63)54-55(10)46-47-60(20-6)52-67(45-27-18-4)70(66(23-9)44-26-17-3)59(14)51-65(56(11)39-32-25-16-2)53-62(22-8)64-42-33-29-30-34-43-64;1-3-2/h16-17,20-21,25-26,29-31,33,35-37,40-44,46-52,55-56,58-59,61-62H,7,15,18-19,22-24,27-28,32,34,38-39,45,53-54H2,1-6,8-14H3;3H2,1-2H3/b25-16-,26-17-,47-46-,48-37+,57-49+,60-20+,65-51+,66-44+,67-52+,68-50+;. The quantitative estimate of drug-likeness (QED) is 0.0386. The number of benzene rings is 1. The Hall–Kier alpha value is -4.82. The predicted octanol–water partition coefficient (Wildman–Crippen LogP) is 22.2. The van der Waals surface area contributed by atoms with Gasteiger partial charge in [0.25, 0.3) is 0 Å². The second-order valence-corrected chi connectivity index (χ2v) is 20.5. The zero-order chi connectivity index (χ0) is 54.2. The molecule has 1 aromatic rings. The zero-order valence-corrected chi connectivity index (χ0v) is 49.8. The van der Waals surface area contributed by atoms with E-state index in [1.807, 2.05) is 0 Å². The van der Waals surface area contributed by atoms with Gasteiger partial charge in [-0.1, -0.05) is 240 Å². The summed E-state index contributed by atoms with van der Waals surface area (Å²) in [7, 11) is 0. The monoisotopic (exact) mass is 991 g/mol. The fraction of sp³-hybridized carbons (Fsp3) is 0.521. The van der Waals surface area contributed by atoms with Crippen LogP contribution >= 0.6 is 0 Å². The third-order valence-electron chi connectivity index (χ3n) is 13.9. The fourth-order valence-corrected chi connectivity index (χ4v) is 9.46. The lowest BCUT2D eigenvalue weighted by Crippen LogP contribution is -2.31. The van der Waals surface area contributed by atoms with Gasteiger partial charge in [0.1, 0.15) is 0 Å². The summed E-state index contributed by atoms with van der Waals surface area (Å²) in [4.78, 5) is 5.22. The maximum absolute atomic E-state index is 4.25. The highest BCUT2D eigenvalue weighted by Crippen LogP contribution is 2.34. The van der Waals surface area contributed by atoms with Crippen LogP contribution in [0.1, 0.15) is 212 Å². The van der Waals surface area contributed by atoms with Gasteiger partial charge in [-0.15, -0.1) is 6.58 Å². The number of unbranched alkanes of at least 4 members (excludes halogenated alkanes) is 3. The van der Waals surface area contributed by atoms with Gasteiger partial charge >= 0.3 is 0 Å². The van der Waals surface area contributed by atoms with Crippen LogP contribution in [-0.2, 0) is 0 Å². The van der Waals surface area contributed by atoms with Crippen LogP contribution in [0.5, 0.6) is 0 Å². The average molecular weight is 992 g/mol. The lowest BCUT2D eigenvalue weighted by Gasteiger charge is -2.36. The van der Waals surface area contributed by atoms with Crippen molar-refractivity contribution in [1.29, 1.82) is 0 Å². The first-order chi connectivity index (χ1) is 35.4. The van der Waals surface area contributed by atoms with E-state index in [1.54, 1.807) is 5.57 Å². The van der Waals surface area contributed by atoms with Crippen LogP contribution in [0.15, 0.2) is 198 Å². The SMILES string of the molecule is C=CC(CCC)/C(C)=C/C(=C\C(C)c1ccccc1)N(/C=C/CCCC)CC(C)\C=C/C(=C\C)/C=C(\CCCC)N(/C(=C/C=C\C)CC)C(C)/C=C(\CC(CC)C1=CCC=CC=C1)C(C)CC/C=C\C.CCC. The van der Waals surface area contributed by atoms with E-state index >= 15 is 0 Å². The summed E-state index contributed by atoms with van der Waals surface area (Å²) < 4.78 is 0. The summed E-state index contributed by atoms with van der Waals surface area (Å²) in [5.74, 6) is 1.91. The largest absolute Gasteiger partial charge is 0.348 e. The molecule has 6 atom stereocenters. The molecule has 2 nitrogen and oxygen atoms in total. The maximum Gasteiger partial charge on any atom is 0.0490 e. The number of hydrogen-bond acceptors (Lipinski definition) is 2. The van der Waals surface area contributed by atoms with Gasteiger partial charge in [-0.25, -0.2) is 0 Å². The molecule has 0 saturated carbocycles. The highest BCUT2D eigenvalue weighted by atomic mass is 15.2. The lowest BCUT2D eigenvalue weighted by molar-refractivity contribution is 0.351. The predicted molar refractivity (Wildman–Crippen MR) is 331 cm³/mol. The summed E-state index contributed by atoms with van der Waals surface area (Å²) in [5, 5.41) is 0. The van der Waals surface area contributed by atoms with E-state index in [4.69, 9.17) is 0 Å². The van der Waals surface area contributed by atoms with E-state index in [-0.39, 0.29) is 12.0 Å². The van der Waals surface area contributed by atoms with Crippen molar-refractivity contribution in [2.45, 2.75) is 212 Å². The van der Waals surface area contributed by atoms with Gasteiger partial charge in [0.2, 0.25) is 0 Å². The molecule has 6 unspecified atom stereocenters. The van der Waals surface area contributed by atoms with E-state index < -0.39 is 0 Å². The molecule has 2 heteroatoms. The topological polar surface area (TPSA) is 6.48 Å².